The van der Waals surface area contributed by atoms with E-state index in [1.54, 1.807) is 14.2 Å². The summed E-state index contributed by atoms with van der Waals surface area (Å²) < 4.78 is 17.1. The number of hydrogen-bond acceptors (Lipinski definition) is 3. The summed E-state index contributed by atoms with van der Waals surface area (Å²) in [5, 5.41) is 0. The Bertz CT molecular complexity index is 701. The number of hydrogen-bond donors (Lipinski definition) is 0. The van der Waals surface area contributed by atoms with E-state index in [0.29, 0.717) is 18.3 Å². The van der Waals surface area contributed by atoms with Gasteiger partial charge in [-0.2, -0.15) is 0 Å². The third-order valence-corrected chi connectivity index (χ3v) is 4.16. The number of ether oxygens (including phenoxy) is 3. The molecule has 0 amide bonds. The van der Waals surface area contributed by atoms with Crippen LogP contribution in [-0.4, -0.2) is 14.2 Å². The normalized spacial score (nSPS) is 11.6. The fourth-order valence-electron chi connectivity index (χ4n) is 2.66. The zero-order valence-corrected chi connectivity index (χ0v) is 15.8. The van der Waals surface area contributed by atoms with E-state index in [9.17, 15) is 0 Å². The third kappa shape index (κ3) is 5.28. The first kappa shape index (κ1) is 18.9. The smallest absolute Gasteiger partial charge is 0.164 e. The molecular weight excluding hydrogens is 312 g/mol. The summed E-state index contributed by atoms with van der Waals surface area (Å²) in [5.74, 6) is 2.58. The van der Waals surface area contributed by atoms with Crippen LogP contribution in [0.2, 0.25) is 0 Å². The van der Waals surface area contributed by atoms with Crippen molar-refractivity contribution >= 4 is 0 Å². The van der Waals surface area contributed by atoms with Gasteiger partial charge < -0.3 is 14.2 Å². The second-order valence-corrected chi connectivity index (χ2v) is 6.44. The standard InChI is InChI=1S/C22H28O3/c1-16(2)11-12-17(3)19-13-21(23-4)22(24-5)14-20(19)25-15-18-9-7-6-8-10-18/h6-11,13-14,17H,12,15H2,1-5H3. The molecule has 0 spiro atoms. The Hall–Kier alpha value is -2.42. The molecule has 0 aliphatic heterocycles. The fraction of sp³-hybridized carbons (Fsp3) is 0.364. The SMILES string of the molecule is COc1cc(OCc2ccccc2)c(C(C)CC=C(C)C)cc1OC. The van der Waals surface area contributed by atoms with Crippen LogP contribution in [0.4, 0.5) is 0 Å². The highest BCUT2D eigenvalue weighted by atomic mass is 16.5. The van der Waals surface area contributed by atoms with Crippen molar-refractivity contribution in [3.8, 4) is 17.2 Å². The Morgan fingerprint density at radius 3 is 2.20 bits per heavy atom. The van der Waals surface area contributed by atoms with Gasteiger partial charge in [0.25, 0.3) is 0 Å². The molecule has 0 saturated carbocycles. The topological polar surface area (TPSA) is 27.7 Å². The first-order valence-corrected chi connectivity index (χ1v) is 8.61. The lowest BCUT2D eigenvalue weighted by molar-refractivity contribution is 0.295. The summed E-state index contributed by atoms with van der Waals surface area (Å²) in [6.07, 6.45) is 3.21. The summed E-state index contributed by atoms with van der Waals surface area (Å²) in [6.45, 7) is 6.97. The van der Waals surface area contributed by atoms with E-state index in [1.165, 1.54) is 5.57 Å². The van der Waals surface area contributed by atoms with E-state index in [-0.39, 0.29) is 0 Å². The largest absolute Gasteiger partial charge is 0.493 e. The van der Waals surface area contributed by atoms with Gasteiger partial charge in [-0.15, -0.1) is 0 Å². The molecule has 1 unspecified atom stereocenters. The first-order chi connectivity index (χ1) is 12.0. The van der Waals surface area contributed by atoms with Gasteiger partial charge in [0.05, 0.1) is 14.2 Å². The molecule has 0 heterocycles. The monoisotopic (exact) mass is 340 g/mol. The molecule has 0 radical (unpaired) electrons. The van der Waals surface area contributed by atoms with Gasteiger partial charge in [0.1, 0.15) is 12.4 Å². The number of methoxy groups -OCH3 is 2. The van der Waals surface area contributed by atoms with E-state index >= 15 is 0 Å². The second-order valence-electron chi connectivity index (χ2n) is 6.44. The Kier molecular flexibility index (Phi) is 6.93. The van der Waals surface area contributed by atoms with Crippen molar-refractivity contribution < 1.29 is 14.2 Å². The van der Waals surface area contributed by atoms with Crippen molar-refractivity contribution in [2.75, 3.05) is 14.2 Å². The van der Waals surface area contributed by atoms with Gasteiger partial charge in [0, 0.05) is 11.6 Å². The zero-order chi connectivity index (χ0) is 18.2. The van der Waals surface area contributed by atoms with Crippen molar-refractivity contribution in [1.29, 1.82) is 0 Å². The maximum absolute atomic E-state index is 6.14. The van der Waals surface area contributed by atoms with Crippen LogP contribution in [0.15, 0.2) is 54.1 Å². The van der Waals surface area contributed by atoms with Crippen LogP contribution in [0.5, 0.6) is 17.2 Å². The molecule has 2 aromatic rings. The highest BCUT2D eigenvalue weighted by molar-refractivity contribution is 5.52. The van der Waals surface area contributed by atoms with Crippen LogP contribution in [0, 0.1) is 0 Å². The van der Waals surface area contributed by atoms with E-state index in [0.717, 1.165) is 29.0 Å². The van der Waals surface area contributed by atoms with Crippen LogP contribution in [0.1, 0.15) is 44.2 Å². The lowest BCUT2D eigenvalue weighted by Crippen LogP contribution is -2.03. The van der Waals surface area contributed by atoms with Crippen molar-refractivity contribution in [2.24, 2.45) is 0 Å². The predicted octanol–water partition coefficient (Wildman–Crippen LogP) is 5.74. The quantitative estimate of drug-likeness (QED) is 0.573. The number of benzene rings is 2. The predicted molar refractivity (Wildman–Crippen MR) is 103 cm³/mol. The minimum atomic E-state index is 0.320. The maximum Gasteiger partial charge on any atom is 0.164 e. The van der Waals surface area contributed by atoms with E-state index in [2.05, 4.69) is 39.0 Å². The van der Waals surface area contributed by atoms with Gasteiger partial charge in [-0.1, -0.05) is 48.9 Å². The van der Waals surface area contributed by atoms with Gasteiger partial charge in [-0.05, 0) is 37.8 Å². The van der Waals surface area contributed by atoms with Crippen molar-refractivity contribution in [3.05, 3.63) is 65.2 Å². The summed E-state index contributed by atoms with van der Waals surface area (Å²) in [5.41, 5.74) is 3.59. The average molecular weight is 340 g/mol. The first-order valence-electron chi connectivity index (χ1n) is 8.61. The number of rotatable bonds is 8. The van der Waals surface area contributed by atoms with E-state index in [4.69, 9.17) is 14.2 Å². The van der Waals surface area contributed by atoms with Crippen molar-refractivity contribution in [2.45, 2.75) is 39.7 Å². The molecule has 0 aromatic heterocycles. The van der Waals surface area contributed by atoms with Crippen LogP contribution in [0.25, 0.3) is 0 Å². The molecule has 0 fully saturated rings. The van der Waals surface area contributed by atoms with E-state index in [1.807, 2.05) is 30.3 Å². The minimum Gasteiger partial charge on any atom is -0.493 e. The molecule has 0 saturated heterocycles. The number of allylic oxidation sites excluding steroid dienone is 2. The highest BCUT2D eigenvalue weighted by Crippen LogP contribution is 2.39. The summed E-state index contributed by atoms with van der Waals surface area (Å²) in [4.78, 5) is 0. The molecule has 3 heteroatoms. The second kappa shape index (κ2) is 9.16. The molecule has 3 nitrogen and oxygen atoms in total. The van der Waals surface area contributed by atoms with Gasteiger partial charge >= 0.3 is 0 Å². The third-order valence-electron chi connectivity index (χ3n) is 4.16. The molecular formula is C22H28O3. The molecule has 2 aromatic carbocycles. The highest BCUT2D eigenvalue weighted by Gasteiger charge is 2.17. The van der Waals surface area contributed by atoms with Gasteiger partial charge in [0.2, 0.25) is 0 Å². The van der Waals surface area contributed by atoms with Gasteiger partial charge in [-0.25, -0.2) is 0 Å². The lowest BCUT2D eigenvalue weighted by Gasteiger charge is -2.19. The Morgan fingerprint density at radius 2 is 1.60 bits per heavy atom. The van der Waals surface area contributed by atoms with E-state index < -0.39 is 0 Å². The average Bonchev–Trinajstić information content (AvgIpc) is 2.64. The molecule has 1 atom stereocenters. The minimum absolute atomic E-state index is 0.320. The van der Waals surface area contributed by atoms with Gasteiger partial charge in [0.15, 0.2) is 11.5 Å². The Balaban J connectivity index is 2.31. The van der Waals surface area contributed by atoms with Crippen LogP contribution < -0.4 is 14.2 Å². The summed E-state index contributed by atoms with van der Waals surface area (Å²) in [6, 6.07) is 14.1. The van der Waals surface area contributed by atoms with Crippen molar-refractivity contribution in [1.82, 2.24) is 0 Å². The Morgan fingerprint density at radius 1 is 0.960 bits per heavy atom. The molecule has 25 heavy (non-hydrogen) atoms. The van der Waals surface area contributed by atoms with Crippen molar-refractivity contribution in [3.63, 3.8) is 0 Å². The van der Waals surface area contributed by atoms with Crippen LogP contribution in [-0.2, 0) is 6.61 Å². The molecule has 0 aliphatic carbocycles. The molecule has 2 rings (SSSR count). The lowest BCUT2D eigenvalue weighted by atomic mass is 9.95. The summed E-state index contributed by atoms with van der Waals surface area (Å²) >= 11 is 0. The molecule has 134 valence electrons. The Labute approximate surface area is 151 Å². The molecule has 0 bridgehead atoms. The maximum atomic E-state index is 6.14. The van der Waals surface area contributed by atoms with Crippen LogP contribution >= 0.6 is 0 Å². The fourth-order valence-corrected chi connectivity index (χ4v) is 2.66. The zero-order valence-electron chi connectivity index (χ0n) is 15.8. The van der Waals surface area contributed by atoms with Crippen LogP contribution in [0.3, 0.4) is 0 Å². The molecule has 0 aliphatic rings. The van der Waals surface area contributed by atoms with Gasteiger partial charge in [-0.3, -0.25) is 0 Å². The summed E-state index contributed by atoms with van der Waals surface area (Å²) in [7, 11) is 3.30. The molecule has 0 N–H and O–H groups in total.